The standard InChI is InChI=1S/C29H40N4O2/c1-21(28-12-11-23(3)35-28)13-16-33-17-14-25(15-18-33)26(20-24-9-7-6-8-10-24)31(4)29(34)27-19-22(2)30-32(27)5/h6-12,19,21,25-26H,13-18,20H2,1-5H3/t21-,26+/m1/s1. The summed E-state index contributed by atoms with van der Waals surface area (Å²) in [7, 11) is 3.82. The normalized spacial score (nSPS) is 16.8. The maximum Gasteiger partial charge on any atom is 0.272 e. The van der Waals surface area contributed by atoms with Crippen LogP contribution in [0.25, 0.3) is 0 Å². The second kappa shape index (κ2) is 11.3. The lowest BCUT2D eigenvalue weighted by atomic mass is 9.84. The van der Waals surface area contributed by atoms with Crippen molar-refractivity contribution >= 4 is 5.91 Å². The lowest BCUT2D eigenvalue weighted by molar-refractivity contribution is 0.0578. The third kappa shape index (κ3) is 6.23. The molecule has 0 radical (unpaired) electrons. The van der Waals surface area contributed by atoms with Crippen LogP contribution in [-0.4, -0.2) is 58.2 Å². The quantitative estimate of drug-likeness (QED) is 0.425. The summed E-state index contributed by atoms with van der Waals surface area (Å²) < 4.78 is 7.53. The molecule has 6 heteroatoms. The van der Waals surface area contributed by atoms with Crippen LogP contribution in [0, 0.1) is 19.8 Å². The van der Waals surface area contributed by atoms with Gasteiger partial charge < -0.3 is 14.2 Å². The maximum atomic E-state index is 13.5. The Morgan fingerprint density at radius 2 is 1.86 bits per heavy atom. The van der Waals surface area contributed by atoms with E-state index in [0.29, 0.717) is 17.5 Å². The molecule has 0 bridgehead atoms. The van der Waals surface area contributed by atoms with E-state index in [-0.39, 0.29) is 11.9 Å². The number of rotatable bonds is 9. The first-order valence-electron chi connectivity index (χ1n) is 12.9. The molecular formula is C29H40N4O2. The van der Waals surface area contributed by atoms with Crippen molar-refractivity contribution in [2.24, 2.45) is 13.0 Å². The molecule has 1 fully saturated rings. The fourth-order valence-electron chi connectivity index (χ4n) is 5.42. The zero-order chi connectivity index (χ0) is 24.9. The van der Waals surface area contributed by atoms with E-state index in [0.717, 1.165) is 62.5 Å². The molecule has 1 aliphatic heterocycles. The number of furan rings is 1. The van der Waals surface area contributed by atoms with Gasteiger partial charge in [0.1, 0.15) is 17.2 Å². The monoisotopic (exact) mass is 476 g/mol. The number of carbonyl (C=O) groups is 1. The van der Waals surface area contributed by atoms with Crippen LogP contribution in [0.3, 0.4) is 0 Å². The smallest absolute Gasteiger partial charge is 0.272 e. The molecule has 3 aromatic rings. The Labute approximate surface area is 209 Å². The highest BCUT2D eigenvalue weighted by atomic mass is 16.3. The predicted octanol–water partition coefficient (Wildman–Crippen LogP) is 5.22. The number of nitrogens with zero attached hydrogens (tertiary/aromatic N) is 4. The molecule has 0 N–H and O–H groups in total. The van der Waals surface area contributed by atoms with Gasteiger partial charge in [0.05, 0.1) is 5.69 Å². The molecule has 1 aromatic carbocycles. The van der Waals surface area contributed by atoms with E-state index in [1.807, 2.05) is 38.9 Å². The molecule has 0 unspecified atom stereocenters. The van der Waals surface area contributed by atoms with Gasteiger partial charge in [-0.3, -0.25) is 9.48 Å². The van der Waals surface area contributed by atoms with Crippen molar-refractivity contribution in [1.29, 1.82) is 0 Å². The molecule has 2 aromatic heterocycles. The molecule has 1 saturated heterocycles. The third-order valence-electron chi connectivity index (χ3n) is 7.63. The topological polar surface area (TPSA) is 54.5 Å². The maximum absolute atomic E-state index is 13.5. The third-order valence-corrected chi connectivity index (χ3v) is 7.63. The summed E-state index contributed by atoms with van der Waals surface area (Å²) in [4.78, 5) is 18.0. The van der Waals surface area contributed by atoms with Gasteiger partial charge in [-0.2, -0.15) is 5.10 Å². The number of amides is 1. The van der Waals surface area contributed by atoms with E-state index in [1.54, 1.807) is 4.68 Å². The summed E-state index contributed by atoms with van der Waals surface area (Å²) >= 11 is 0. The molecule has 4 rings (SSSR count). The van der Waals surface area contributed by atoms with E-state index in [1.165, 1.54) is 5.56 Å². The van der Waals surface area contributed by atoms with Crippen molar-refractivity contribution < 1.29 is 9.21 Å². The van der Waals surface area contributed by atoms with Gasteiger partial charge in [-0.15, -0.1) is 0 Å². The number of likely N-dealkylation sites (tertiary alicyclic amines) is 1. The van der Waals surface area contributed by atoms with E-state index in [4.69, 9.17) is 4.42 Å². The predicted molar refractivity (Wildman–Crippen MR) is 140 cm³/mol. The van der Waals surface area contributed by atoms with Gasteiger partial charge >= 0.3 is 0 Å². The number of aromatic nitrogens is 2. The highest BCUT2D eigenvalue weighted by molar-refractivity contribution is 5.92. The zero-order valence-corrected chi connectivity index (χ0v) is 21.9. The first kappa shape index (κ1) is 25.2. The first-order chi connectivity index (χ1) is 16.8. The van der Waals surface area contributed by atoms with E-state index in [9.17, 15) is 4.79 Å². The number of carbonyl (C=O) groups excluding carboxylic acids is 1. The van der Waals surface area contributed by atoms with Crippen molar-refractivity contribution in [1.82, 2.24) is 19.6 Å². The van der Waals surface area contributed by atoms with Crippen LogP contribution in [0.15, 0.2) is 52.9 Å². The molecular weight excluding hydrogens is 436 g/mol. The second-order valence-electron chi connectivity index (χ2n) is 10.3. The van der Waals surface area contributed by atoms with Gasteiger partial charge in [0, 0.05) is 26.1 Å². The Kier molecular flexibility index (Phi) is 8.11. The van der Waals surface area contributed by atoms with Crippen molar-refractivity contribution in [2.75, 3.05) is 26.7 Å². The fourth-order valence-corrected chi connectivity index (χ4v) is 5.42. The summed E-state index contributed by atoms with van der Waals surface area (Å²) in [5.74, 6) is 3.03. The summed E-state index contributed by atoms with van der Waals surface area (Å²) in [6.07, 6.45) is 4.18. The molecule has 3 heterocycles. The average Bonchev–Trinajstić information content (AvgIpc) is 3.45. The molecule has 1 aliphatic rings. The van der Waals surface area contributed by atoms with Crippen molar-refractivity contribution in [2.45, 2.75) is 58.4 Å². The molecule has 35 heavy (non-hydrogen) atoms. The van der Waals surface area contributed by atoms with Gasteiger partial charge in [-0.05, 0) is 88.8 Å². The summed E-state index contributed by atoms with van der Waals surface area (Å²) in [6.45, 7) is 9.42. The number of hydrogen-bond acceptors (Lipinski definition) is 4. The van der Waals surface area contributed by atoms with E-state index < -0.39 is 0 Å². The van der Waals surface area contributed by atoms with Gasteiger partial charge in [0.2, 0.25) is 0 Å². The summed E-state index contributed by atoms with van der Waals surface area (Å²) in [6, 6.07) is 16.8. The van der Waals surface area contributed by atoms with Crippen molar-refractivity contribution in [3.63, 3.8) is 0 Å². The number of aryl methyl sites for hydroxylation is 3. The number of likely N-dealkylation sites (N-methyl/N-ethyl adjacent to an activating group) is 1. The SMILES string of the molecule is Cc1cc(C(=O)N(C)[C@@H](Cc2ccccc2)C2CCN(CC[C@@H](C)c3ccc(C)o3)CC2)n(C)n1. The molecule has 0 aliphatic carbocycles. The molecule has 1 amide bonds. The molecule has 0 spiro atoms. The fraction of sp³-hybridized carbons (Fsp3) is 0.517. The zero-order valence-electron chi connectivity index (χ0n) is 21.9. The Balaban J connectivity index is 1.40. The average molecular weight is 477 g/mol. The second-order valence-corrected chi connectivity index (χ2v) is 10.3. The first-order valence-corrected chi connectivity index (χ1v) is 12.9. The highest BCUT2D eigenvalue weighted by Crippen LogP contribution is 2.29. The lowest BCUT2D eigenvalue weighted by Gasteiger charge is -2.40. The van der Waals surface area contributed by atoms with Crippen LogP contribution in [-0.2, 0) is 13.5 Å². The minimum atomic E-state index is 0.0547. The Bertz CT molecular complexity index is 1100. The number of benzene rings is 1. The van der Waals surface area contributed by atoms with Crippen LogP contribution in [0.1, 0.15) is 65.4 Å². The van der Waals surface area contributed by atoms with Gasteiger partial charge in [-0.25, -0.2) is 0 Å². The van der Waals surface area contributed by atoms with E-state index >= 15 is 0 Å². The van der Waals surface area contributed by atoms with Crippen molar-refractivity contribution in [3.05, 3.63) is 77.0 Å². The van der Waals surface area contributed by atoms with Gasteiger partial charge in [-0.1, -0.05) is 37.3 Å². The van der Waals surface area contributed by atoms with Crippen LogP contribution in [0.4, 0.5) is 0 Å². The van der Waals surface area contributed by atoms with Gasteiger partial charge in [0.15, 0.2) is 0 Å². The molecule has 6 nitrogen and oxygen atoms in total. The molecule has 0 saturated carbocycles. The Morgan fingerprint density at radius 1 is 1.14 bits per heavy atom. The minimum Gasteiger partial charge on any atom is -0.466 e. The van der Waals surface area contributed by atoms with Crippen molar-refractivity contribution in [3.8, 4) is 0 Å². The minimum absolute atomic E-state index is 0.0547. The van der Waals surface area contributed by atoms with E-state index in [2.05, 4.69) is 59.4 Å². The Morgan fingerprint density at radius 3 is 2.46 bits per heavy atom. The largest absolute Gasteiger partial charge is 0.466 e. The molecule has 2 atom stereocenters. The highest BCUT2D eigenvalue weighted by Gasteiger charge is 2.33. The Hall–Kier alpha value is -2.86. The number of piperidine rings is 1. The van der Waals surface area contributed by atoms with Crippen LogP contribution in [0.2, 0.25) is 0 Å². The molecule has 188 valence electrons. The van der Waals surface area contributed by atoms with Crippen LogP contribution >= 0.6 is 0 Å². The van der Waals surface area contributed by atoms with Crippen LogP contribution in [0.5, 0.6) is 0 Å². The number of hydrogen-bond donors (Lipinski definition) is 0. The summed E-state index contributed by atoms with van der Waals surface area (Å²) in [5, 5.41) is 4.39. The lowest BCUT2D eigenvalue weighted by Crippen LogP contribution is -2.48. The van der Waals surface area contributed by atoms with Crippen LogP contribution < -0.4 is 0 Å². The van der Waals surface area contributed by atoms with Gasteiger partial charge in [0.25, 0.3) is 5.91 Å². The summed E-state index contributed by atoms with van der Waals surface area (Å²) in [5.41, 5.74) is 2.81.